The van der Waals surface area contributed by atoms with Gasteiger partial charge in [-0.2, -0.15) is 4.31 Å². The summed E-state index contributed by atoms with van der Waals surface area (Å²) in [6.45, 7) is 2.61. The molecule has 21 heavy (non-hydrogen) atoms. The second-order valence-corrected chi connectivity index (χ2v) is 6.92. The summed E-state index contributed by atoms with van der Waals surface area (Å²) in [7, 11) is -2.56. The number of sulfonamides is 1. The van der Waals surface area contributed by atoms with Crippen LogP contribution in [0, 0.1) is 0 Å². The third kappa shape index (κ3) is 4.31. The third-order valence-electron chi connectivity index (χ3n) is 2.69. The molecule has 118 valence electrons. The minimum atomic E-state index is -3.92. The number of halogens is 2. The molecule has 0 saturated carbocycles. The molecule has 0 aliphatic heterocycles. The molecule has 0 spiro atoms. The molecule has 1 N–H and O–H groups in total. The van der Waals surface area contributed by atoms with Crippen molar-refractivity contribution in [3.05, 3.63) is 27.7 Å². The van der Waals surface area contributed by atoms with Gasteiger partial charge in [0.25, 0.3) is 0 Å². The number of carbonyl (C=O) groups is 1. The van der Waals surface area contributed by atoms with Gasteiger partial charge in [0, 0.05) is 20.2 Å². The standard InChI is InChI=1S/C12H15Cl2NO5S/c1-3-20-5-4-15(2)21(18,19)11-6-8(12(16)17)9(13)7-10(11)14/h6-7H,3-5H2,1-2H3,(H,16,17). The number of hydrogen-bond acceptors (Lipinski definition) is 4. The highest BCUT2D eigenvalue weighted by Crippen LogP contribution is 2.30. The van der Waals surface area contributed by atoms with Crippen LogP contribution in [0.2, 0.25) is 10.0 Å². The number of ether oxygens (including phenoxy) is 1. The molecule has 0 bridgehead atoms. The topological polar surface area (TPSA) is 83.9 Å². The lowest BCUT2D eigenvalue weighted by molar-refractivity contribution is 0.0697. The first kappa shape index (κ1) is 18.2. The Morgan fingerprint density at radius 1 is 1.33 bits per heavy atom. The summed E-state index contributed by atoms with van der Waals surface area (Å²) in [5.74, 6) is -1.33. The molecule has 0 amide bonds. The van der Waals surface area contributed by atoms with Crippen molar-refractivity contribution < 1.29 is 23.1 Å². The highest BCUT2D eigenvalue weighted by Gasteiger charge is 2.26. The van der Waals surface area contributed by atoms with Crippen LogP contribution in [-0.4, -0.2) is 50.6 Å². The van der Waals surface area contributed by atoms with E-state index in [1.807, 2.05) is 0 Å². The van der Waals surface area contributed by atoms with E-state index in [1.165, 1.54) is 7.05 Å². The van der Waals surface area contributed by atoms with Crippen LogP contribution < -0.4 is 0 Å². The fourth-order valence-corrected chi connectivity index (χ4v) is 3.50. The third-order valence-corrected chi connectivity index (χ3v) is 5.33. The number of likely N-dealkylation sites (N-methyl/N-ethyl adjacent to an activating group) is 1. The number of carboxylic acid groups (broad SMARTS) is 1. The first-order valence-corrected chi connectivity index (χ1v) is 8.17. The van der Waals surface area contributed by atoms with Gasteiger partial charge in [-0.05, 0) is 19.1 Å². The van der Waals surface area contributed by atoms with Crippen molar-refractivity contribution >= 4 is 39.2 Å². The Hall–Kier alpha value is -0.860. The van der Waals surface area contributed by atoms with E-state index in [-0.39, 0.29) is 33.7 Å². The summed E-state index contributed by atoms with van der Waals surface area (Å²) >= 11 is 11.6. The Morgan fingerprint density at radius 3 is 2.48 bits per heavy atom. The largest absolute Gasteiger partial charge is 0.478 e. The molecule has 0 unspecified atom stereocenters. The summed E-state index contributed by atoms with van der Waals surface area (Å²) in [5.41, 5.74) is -0.321. The number of hydrogen-bond donors (Lipinski definition) is 1. The Bertz CT molecular complexity index is 633. The van der Waals surface area contributed by atoms with Crippen molar-refractivity contribution in [2.45, 2.75) is 11.8 Å². The van der Waals surface area contributed by atoms with Crippen molar-refractivity contribution in [2.24, 2.45) is 0 Å². The SMILES string of the molecule is CCOCCN(C)S(=O)(=O)c1cc(C(=O)O)c(Cl)cc1Cl. The van der Waals surface area contributed by atoms with E-state index in [2.05, 4.69) is 0 Å². The van der Waals surface area contributed by atoms with Gasteiger partial charge in [-0.15, -0.1) is 0 Å². The Morgan fingerprint density at radius 2 is 1.95 bits per heavy atom. The summed E-state index contributed by atoms with van der Waals surface area (Å²) in [4.78, 5) is 10.7. The lowest BCUT2D eigenvalue weighted by Crippen LogP contribution is -2.30. The smallest absolute Gasteiger partial charge is 0.337 e. The van der Waals surface area contributed by atoms with E-state index >= 15 is 0 Å². The van der Waals surface area contributed by atoms with E-state index in [0.717, 1.165) is 16.4 Å². The summed E-state index contributed by atoms with van der Waals surface area (Å²) in [6.07, 6.45) is 0. The maximum Gasteiger partial charge on any atom is 0.337 e. The summed E-state index contributed by atoms with van der Waals surface area (Å²) in [5, 5.41) is 8.75. The van der Waals surface area contributed by atoms with Gasteiger partial charge in [-0.25, -0.2) is 13.2 Å². The molecule has 1 aromatic rings. The highest BCUT2D eigenvalue weighted by molar-refractivity contribution is 7.89. The van der Waals surface area contributed by atoms with Crippen LogP contribution in [0.25, 0.3) is 0 Å². The minimum Gasteiger partial charge on any atom is -0.478 e. The first-order chi connectivity index (χ1) is 9.71. The van der Waals surface area contributed by atoms with E-state index in [9.17, 15) is 13.2 Å². The number of rotatable bonds is 7. The predicted molar refractivity (Wildman–Crippen MR) is 79.7 cm³/mol. The van der Waals surface area contributed by atoms with Gasteiger partial charge in [0.15, 0.2) is 0 Å². The van der Waals surface area contributed by atoms with Gasteiger partial charge in [-0.3, -0.25) is 0 Å². The van der Waals surface area contributed by atoms with Crippen LogP contribution in [0.1, 0.15) is 17.3 Å². The molecule has 0 atom stereocenters. The Kier molecular flexibility index (Phi) is 6.42. The molecule has 0 fully saturated rings. The Labute approximate surface area is 133 Å². The zero-order valence-electron chi connectivity index (χ0n) is 11.5. The molecule has 0 saturated heterocycles. The molecule has 0 aromatic heterocycles. The number of nitrogens with zero attached hydrogens (tertiary/aromatic N) is 1. The van der Waals surface area contributed by atoms with Crippen LogP contribution in [-0.2, 0) is 14.8 Å². The first-order valence-electron chi connectivity index (χ1n) is 5.98. The lowest BCUT2D eigenvalue weighted by atomic mass is 10.2. The molecular formula is C12H15Cl2NO5S. The molecule has 9 heteroatoms. The van der Waals surface area contributed by atoms with Crippen molar-refractivity contribution in [1.82, 2.24) is 4.31 Å². The normalized spacial score (nSPS) is 11.9. The minimum absolute atomic E-state index is 0.122. The Balaban J connectivity index is 3.19. The van der Waals surface area contributed by atoms with Crippen molar-refractivity contribution in [2.75, 3.05) is 26.8 Å². The van der Waals surface area contributed by atoms with E-state index in [4.69, 9.17) is 33.0 Å². The van der Waals surface area contributed by atoms with Crippen molar-refractivity contribution in [3.8, 4) is 0 Å². The molecule has 0 radical (unpaired) electrons. The summed E-state index contributed by atoms with van der Waals surface area (Å²) in [6, 6.07) is 2.06. The highest BCUT2D eigenvalue weighted by atomic mass is 35.5. The molecular weight excluding hydrogens is 341 g/mol. The van der Waals surface area contributed by atoms with E-state index < -0.39 is 16.0 Å². The van der Waals surface area contributed by atoms with Gasteiger partial charge in [-0.1, -0.05) is 23.2 Å². The molecule has 0 aliphatic rings. The average molecular weight is 356 g/mol. The van der Waals surface area contributed by atoms with Crippen molar-refractivity contribution in [3.63, 3.8) is 0 Å². The maximum absolute atomic E-state index is 12.4. The van der Waals surface area contributed by atoms with Gasteiger partial charge in [0.05, 0.1) is 22.2 Å². The quantitative estimate of drug-likeness (QED) is 0.758. The molecule has 1 aromatic carbocycles. The second kappa shape index (κ2) is 7.42. The fraction of sp³-hybridized carbons (Fsp3) is 0.417. The number of benzene rings is 1. The molecule has 0 heterocycles. The second-order valence-electron chi connectivity index (χ2n) is 4.09. The molecule has 1 rings (SSSR count). The zero-order valence-corrected chi connectivity index (χ0v) is 13.8. The predicted octanol–water partition coefficient (Wildman–Crippen LogP) is 2.35. The van der Waals surface area contributed by atoms with Crippen LogP contribution >= 0.6 is 23.2 Å². The van der Waals surface area contributed by atoms with E-state index in [0.29, 0.717) is 6.61 Å². The molecule has 0 aliphatic carbocycles. The van der Waals surface area contributed by atoms with Gasteiger partial charge in [0.1, 0.15) is 4.90 Å². The van der Waals surface area contributed by atoms with Gasteiger partial charge < -0.3 is 9.84 Å². The van der Waals surface area contributed by atoms with Crippen LogP contribution in [0.3, 0.4) is 0 Å². The van der Waals surface area contributed by atoms with Gasteiger partial charge in [0.2, 0.25) is 10.0 Å². The lowest BCUT2D eigenvalue weighted by Gasteiger charge is -2.18. The zero-order chi connectivity index (χ0) is 16.2. The average Bonchev–Trinajstić information content (AvgIpc) is 2.37. The van der Waals surface area contributed by atoms with Crippen LogP contribution in [0.5, 0.6) is 0 Å². The number of carboxylic acids is 1. The van der Waals surface area contributed by atoms with E-state index in [1.54, 1.807) is 6.92 Å². The monoisotopic (exact) mass is 355 g/mol. The molecule has 6 nitrogen and oxygen atoms in total. The maximum atomic E-state index is 12.4. The van der Waals surface area contributed by atoms with Crippen molar-refractivity contribution in [1.29, 1.82) is 0 Å². The van der Waals surface area contributed by atoms with Crippen LogP contribution in [0.4, 0.5) is 0 Å². The van der Waals surface area contributed by atoms with Crippen LogP contribution in [0.15, 0.2) is 17.0 Å². The van der Waals surface area contributed by atoms with Gasteiger partial charge >= 0.3 is 5.97 Å². The fourth-order valence-electron chi connectivity index (χ4n) is 1.52. The summed E-state index contributed by atoms with van der Waals surface area (Å²) < 4.78 is 30.9. The number of aromatic carboxylic acids is 1.